The Kier molecular flexibility index (Phi) is 4.24. The van der Waals surface area contributed by atoms with Crippen molar-refractivity contribution in [3.8, 4) is 11.5 Å². The zero-order valence-electron chi connectivity index (χ0n) is 10.7. The highest BCUT2D eigenvalue weighted by atomic mass is 35.5. The van der Waals surface area contributed by atoms with E-state index in [-0.39, 0.29) is 22.1 Å². The number of ether oxygens (including phenoxy) is 1. The third-order valence-electron chi connectivity index (χ3n) is 2.89. The van der Waals surface area contributed by atoms with Gasteiger partial charge in [-0.25, -0.2) is 4.79 Å². The Labute approximate surface area is 144 Å². The van der Waals surface area contributed by atoms with E-state index in [1.165, 1.54) is 6.07 Å². The number of hydrogen-bond donors (Lipinski definition) is 0. The molecule has 3 rings (SSSR count). The molecule has 3 nitrogen and oxygen atoms in total. The summed E-state index contributed by atoms with van der Waals surface area (Å²) in [6.45, 7) is 0. The van der Waals surface area contributed by atoms with E-state index >= 15 is 0 Å². The molecule has 0 saturated heterocycles. The highest BCUT2D eigenvalue weighted by Crippen LogP contribution is 2.41. The zero-order valence-corrected chi connectivity index (χ0v) is 13.7. The summed E-state index contributed by atoms with van der Waals surface area (Å²) in [7, 11) is 0. The van der Waals surface area contributed by atoms with Crippen LogP contribution in [0.1, 0.15) is 0 Å². The highest BCUT2D eigenvalue weighted by Gasteiger charge is 2.16. The van der Waals surface area contributed by atoms with Gasteiger partial charge in [0.05, 0.1) is 31.5 Å². The maximum Gasteiger partial charge on any atom is 0.340 e. The summed E-state index contributed by atoms with van der Waals surface area (Å²) < 4.78 is 10.8. The van der Waals surface area contributed by atoms with Gasteiger partial charge < -0.3 is 9.15 Å². The van der Waals surface area contributed by atoms with Crippen molar-refractivity contribution in [2.24, 2.45) is 0 Å². The fourth-order valence-corrected chi connectivity index (χ4v) is 2.85. The SMILES string of the molecule is O=c1cc(Oc2c(Cl)cccc2Cl)c2c(Cl)ccc(Cl)c2o1. The van der Waals surface area contributed by atoms with Crippen LogP contribution in [-0.2, 0) is 0 Å². The fourth-order valence-electron chi connectivity index (χ4n) is 1.94. The molecule has 0 aliphatic carbocycles. The van der Waals surface area contributed by atoms with Crippen LogP contribution < -0.4 is 10.4 Å². The molecule has 0 radical (unpaired) electrons. The smallest absolute Gasteiger partial charge is 0.340 e. The molecular formula is C15H6Cl4O3. The Morgan fingerprint density at radius 1 is 0.864 bits per heavy atom. The topological polar surface area (TPSA) is 39.4 Å². The normalized spacial score (nSPS) is 10.9. The van der Waals surface area contributed by atoms with Crippen molar-refractivity contribution in [3.05, 3.63) is 66.9 Å². The number of fused-ring (bicyclic) bond motifs is 1. The summed E-state index contributed by atoms with van der Waals surface area (Å²) in [6, 6.07) is 9.17. The van der Waals surface area contributed by atoms with Gasteiger partial charge in [-0.05, 0) is 24.3 Å². The van der Waals surface area contributed by atoms with E-state index in [0.717, 1.165) is 6.07 Å². The average molecular weight is 376 g/mol. The van der Waals surface area contributed by atoms with Crippen LogP contribution in [0, 0.1) is 0 Å². The van der Waals surface area contributed by atoms with Gasteiger partial charge in [0.2, 0.25) is 0 Å². The highest BCUT2D eigenvalue weighted by molar-refractivity contribution is 6.40. The molecule has 22 heavy (non-hydrogen) atoms. The minimum absolute atomic E-state index is 0.139. The van der Waals surface area contributed by atoms with Crippen molar-refractivity contribution in [1.82, 2.24) is 0 Å². The van der Waals surface area contributed by atoms with E-state index in [0.29, 0.717) is 20.5 Å². The summed E-state index contributed by atoms with van der Waals surface area (Å²) in [5, 5.41) is 1.53. The van der Waals surface area contributed by atoms with Gasteiger partial charge in [0.1, 0.15) is 5.75 Å². The Morgan fingerprint density at radius 3 is 2.18 bits per heavy atom. The molecule has 0 fully saturated rings. The molecule has 0 saturated carbocycles. The summed E-state index contributed by atoms with van der Waals surface area (Å²) in [5.74, 6) is 0.377. The van der Waals surface area contributed by atoms with Gasteiger partial charge in [0.25, 0.3) is 0 Å². The first kappa shape index (κ1) is 15.5. The number of hydrogen-bond acceptors (Lipinski definition) is 3. The van der Waals surface area contributed by atoms with E-state index in [1.807, 2.05) is 0 Å². The van der Waals surface area contributed by atoms with E-state index in [9.17, 15) is 4.79 Å². The summed E-state index contributed by atoms with van der Waals surface area (Å²) in [6.07, 6.45) is 0. The zero-order chi connectivity index (χ0) is 15.9. The minimum atomic E-state index is -0.630. The molecule has 7 heteroatoms. The summed E-state index contributed by atoms with van der Waals surface area (Å²) in [4.78, 5) is 11.7. The molecule has 2 aromatic carbocycles. The lowest BCUT2D eigenvalue weighted by Gasteiger charge is -2.12. The number of benzene rings is 2. The van der Waals surface area contributed by atoms with Gasteiger partial charge in [0, 0.05) is 0 Å². The van der Waals surface area contributed by atoms with Crippen molar-refractivity contribution >= 4 is 57.4 Å². The second kappa shape index (κ2) is 6.01. The molecule has 112 valence electrons. The molecule has 0 bridgehead atoms. The van der Waals surface area contributed by atoms with Crippen LogP contribution in [0.3, 0.4) is 0 Å². The molecule has 3 aromatic rings. The monoisotopic (exact) mass is 374 g/mol. The Bertz CT molecular complexity index is 914. The lowest BCUT2D eigenvalue weighted by atomic mass is 10.2. The van der Waals surface area contributed by atoms with Gasteiger partial charge in [-0.2, -0.15) is 0 Å². The van der Waals surface area contributed by atoms with E-state index in [4.69, 9.17) is 55.6 Å². The maximum atomic E-state index is 11.7. The van der Waals surface area contributed by atoms with Crippen molar-refractivity contribution < 1.29 is 9.15 Å². The predicted octanol–water partition coefficient (Wildman–Crippen LogP) is 6.20. The average Bonchev–Trinajstić information content (AvgIpc) is 2.46. The van der Waals surface area contributed by atoms with Gasteiger partial charge in [-0.15, -0.1) is 0 Å². The molecular weight excluding hydrogens is 370 g/mol. The van der Waals surface area contributed by atoms with Gasteiger partial charge >= 0.3 is 5.63 Å². The third kappa shape index (κ3) is 2.77. The van der Waals surface area contributed by atoms with E-state index < -0.39 is 5.63 Å². The first-order valence-corrected chi connectivity index (χ1v) is 7.52. The van der Waals surface area contributed by atoms with E-state index in [2.05, 4.69) is 0 Å². The molecule has 0 spiro atoms. The Balaban J connectivity index is 2.28. The summed E-state index contributed by atoms with van der Waals surface area (Å²) in [5.41, 5.74) is -0.491. The summed E-state index contributed by atoms with van der Waals surface area (Å²) >= 11 is 24.3. The van der Waals surface area contributed by atoms with Crippen LogP contribution in [0.2, 0.25) is 20.1 Å². The first-order chi connectivity index (χ1) is 10.5. The van der Waals surface area contributed by atoms with Crippen LogP contribution >= 0.6 is 46.4 Å². The lowest BCUT2D eigenvalue weighted by Crippen LogP contribution is -2.00. The van der Waals surface area contributed by atoms with Crippen molar-refractivity contribution in [2.75, 3.05) is 0 Å². The molecule has 0 atom stereocenters. The molecule has 0 aliphatic heterocycles. The predicted molar refractivity (Wildman–Crippen MR) is 89.0 cm³/mol. The van der Waals surface area contributed by atoms with Crippen LogP contribution in [0.5, 0.6) is 11.5 Å². The Hall–Kier alpha value is -1.39. The van der Waals surface area contributed by atoms with Crippen LogP contribution in [0.15, 0.2) is 45.6 Å². The first-order valence-electron chi connectivity index (χ1n) is 6.01. The number of rotatable bonds is 2. The van der Waals surface area contributed by atoms with Crippen LogP contribution in [-0.4, -0.2) is 0 Å². The Morgan fingerprint density at radius 2 is 1.50 bits per heavy atom. The number of halogens is 4. The fraction of sp³-hybridized carbons (Fsp3) is 0. The van der Waals surface area contributed by atoms with E-state index in [1.54, 1.807) is 24.3 Å². The molecule has 1 heterocycles. The molecule has 0 amide bonds. The van der Waals surface area contributed by atoms with Gasteiger partial charge in [0.15, 0.2) is 11.3 Å². The quantitative estimate of drug-likeness (QED) is 0.500. The second-order valence-electron chi connectivity index (χ2n) is 4.32. The van der Waals surface area contributed by atoms with Crippen molar-refractivity contribution in [1.29, 1.82) is 0 Å². The third-order valence-corrected chi connectivity index (χ3v) is 4.10. The largest absolute Gasteiger partial charge is 0.453 e. The molecule has 1 aromatic heterocycles. The van der Waals surface area contributed by atoms with Crippen LogP contribution in [0.4, 0.5) is 0 Å². The maximum absolute atomic E-state index is 11.7. The van der Waals surface area contributed by atoms with Gasteiger partial charge in [-0.3, -0.25) is 0 Å². The molecule has 0 unspecified atom stereocenters. The van der Waals surface area contributed by atoms with Crippen LogP contribution in [0.25, 0.3) is 11.0 Å². The van der Waals surface area contributed by atoms with Crippen molar-refractivity contribution in [3.63, 3.8) is 0 Å². The van der Waals surface area contributed by atoms with Gasteiger partial charge in [-0.1, -0.05) is 52.5 Å². The minimum Gasteiger partial charge on any atom is -0.453 e. The molecule has 0 N–H and O–H groups in total. The van der Waals surface area contributed by atoms with Crippen molar-refractivity contribution in [2.45, 2.75) is 0 Å². The second-order valence-corrected chi connectivity index (χ2v) is 5.94. The molecule has 0 aliphatic rings. The standard InChI is InChI=1S/C15H6Cl4O3/c16-7-4-5-10(19)15-13(7)11(6-12(20)22-15)21-14-8(17)2-1-3-9(14)18/h1-6H. The lowest BCUT2D eigenvalue weighted by molar-refractivity contribution is 0.475. The number of para-hydroxylation sites is 1.